The number of carbonyl (C=O) groups excluding carboxylic acids is 1. The van der Waals surface area contributed by atoms with Crippen LogP contribution in [0.4, 0.5) is 10.5 Å². The quantitative estimate of drug-likeness (QED) is 0.823. The molecule has 0 aliphatic heterocycles. The van der Waals surface area contributed by atoms with Crippen LogP contribution < -0.4 is 15.4 Å². The van der Waals surface area contributed by atoms with Crippen molar-refractivity contribution in [3.8, 4) is 5.75 Å². The fraction of sp³-hybridized carbons (Fsp3) is 0.533. The van der Waals surface area contributed by atoms with Gasteiger partial charge in [-0.25, -0.2) is 4.79 Å². The molecule has 0 bridgehead atoms. The summed E-state index contributed by atoms with van der Waals surface area (Å²) >= 11 is 6.01. The van der Waals surface area contributed by atoms with Gasteiger partial charge in [0.05, 0.1) is 12.1 Å². The number of methoxy groups -OCH3 is 1. The topological polar surface area (TPSA) is 50.4 Å². The van der Waals surface area contributed by atoms with E-state index in [1.165, 1.54) is 0 Å². The van der Waals surface area contributed by atoms with Crippen LogP contribution in [0.2, 0.25) is 5.02 Å². The van der Waals surface area contributed by atoms with Crippen LogP contribution in [0.15, 0.2) is 18.2 Å². The highest BCUT2D eigenvalue weighted by atomic mass is 35.5. The Bertz CT molecular complexity index is 449. The first-order valence-corrected chi connectivity index (χ1v) is 7.21. The van der Waals surface area contributed by atoms with Crippen LogP contribution in [0.25, 0.3) is 0 Å². The van der Waals surface area contributed by atoms with Crippen LogP contribution in [0.1, 0.15) is 33.6 Å². The number of hydrogen-bond acceptors (Lipinski definition) is 2. The number of hydrogen-bond donors (Lipinski definition) is 2. The van der Waals surface area contributed by atoms with Gasteiger partial charge in [-0.15, -0.1) is 0 Å². The van der Waals surface area contributed by atoms with E-state index in [1.807, 2.05) is 6.92 Å². The first-order valence-electron chi connectivity index (χ1n) is 6.83. The van der Waals surface area contributed by atoms with E-state index in [0.717, 1.165) is 12.8 Å². The van der Waals surface area contributed by atoms with Crippen molar-refractivity contribution in [1.82, 2.24) is 5.32 Å². The highest BCUT2D eigenvalue weighted by Crippen LogP contribution is 2.27. The zero-order valence-electron chi connectivity index (χ0n) is 12.5. The summed E-state index contributed by atoms with van der Waals surface area (Å²) in [6, 6.07) is 5.07. The summed E-state index contributed by atoms with van der Waals surface area (Å²) in [5, 5.41) is 6.14. The van der Waals surface area contributed by atoms with Gasteiger partial charge >= 0.3 is 6.03 Å². The highest BCUT2D eigenvalue weighted by Gasteiger charge is 2.09. The normalized spacial score (nSPS) is 12.1. The average Bonchev–Trinajstić information content (AvgIpc) is 2.36. The summed E-state index contributed by atoms with van der Waals surface area (Å²) < 4.78 is 5.06. The van der Waals surface area contributed by atoms with Gasteiger partial charge in [0.15, 0.2) is 0 Å². The first kappa shape index (κ1) is 16.6. The third kappa shape index (κ3) is 5.70. The molecule has 112 valence electrons. The van der Waals surface area contributed by atoms with Crippen molar-refractivity contribution in [2.24, 2.45) is 5.92 Å². The second-order valence-electron chi connectivity index (χ2n) is 5.32. The van der Waals surface area contributed by atoms with E-state index < -0.39 is 0 Å². The third-order valence-electron chi connectivity index (χ3n) is 2.96. The van der Waals surface area contributed by atoms with Gasteiger partial charge in [0.1, 0.15) is 5.75 Å². The Balaban J connectivity index is 2.47. The third-order valence-corrected chi connectivity index (χ3v) is 3.26. The number of urea groups is 1. The Kier molecular flexibility index (Phi) is 6.65. The minimum absolute atomic E-state index is 0.145. The predicted octanol–water partition coefficient (Wildman–Crippen LogP) is 4.29. The lowest BCUT2D eigenvalue weighted by Gasteiger charge is -2.16. The van der Waals surface area contributed by atoms with Crippen molar-refractivity contribution in [2.45, 2.75) is 39.7 Å². The fourth-order valence-electron chi connectivity index (χ4n) is 1.79. The van der Waals surface area contributed by atoms with E-state index in [4.69, 9.17) is 16.3 Å². The maximum absolute atomic E-state index is 11.8. The molecule has 1 unspecified atom stereocenters. The molecule has 1 rings (SSSR count). The van der Waals surface area contributed by atoms with Gasteiger partial charge in [0, 0.05) is 11.7 Å². The molecule has 0 heterocycles. The molecule has 2 amide bonds. The summed E-state index contributed by atoms with van der Waals surface area (Å²) in [5.74, 6) is 1.23. The van der Waals surface area contributed by atoms with Gasteiger partial charge in [-0.05, 0) is 43.9 Å². The number of halogens is 1. The average molecular weight is 299 g/mol. The van der Waals surface area contributed by atoms with E-state index in [1.54, 1.807) is 25.3 Å². The number of rotatable bonds is 6. The molecule has 2 N–H and O–H groups in total. The fourth-order valence-corrected chi connectivity index (χ4v) is 2.05. The highest BCUT2D eigenvalue weighted by molar-refractivity contribution is 6.32. The van der Waals surface area contributed by atoms with Gasteiger partial charge in [-0.1, -0.05) is 25.4 Å². The van der Waals surface area contributed by atoms with Gasteiger partial charge in [0.2, 0.25) is 0 Å². The Morgan fingerprint density at radius 3 is 2.55 bits per heavy atom. The van der Waals surface area contributed by atoms with E-state index in [2.05, 4.69) is 24.5 Å². The molecule has 1 atom stereocenters. The largest absolute Gasteiger partial charge is 0.495 e. The molecule has 1 aromatic rings. The van der Waals surface area contributed by atoms with Crippen molar-refractivity contribution in [2.75, 3.05) is 12.4 Å². The summed E-state index contributed by atoms with van der Waals surface area (Å²) in [6.07, 6.45) is 2.06. The van der Waals surface area contributed by atoms with Gasteiger partial charge in [0.25, 0.3) is 0 Å². The number of ether oxygens (including phenoxy) is 1. The Labute approximate surface area is 125 Å². The number of amides is 2. The monoisotopic (exact) mass is 298 g/mol. The maximum atomic E-state index is 11.8. The zero-order valence-corrected chi connectivity index (χ0v) is 13.3. The molecule has 1 aromatic carbocycles. The zero-order chi connectivity index (χ0) is 15.1. The standard InChI is InChI=1S/C15H23ClN2O2/c1-10(2)5-6-11(3)17-15(19)18-12-7-8-14(20-4)13(16)9-12/h7-11H,5-6H2,1-4H3,(H2,17,18,19). The van der Waals surface area contributed by atoms with Gasteiger partial charge in [-0.3, -0.25) is 0 Å². The maximum Gasteiger partial charge on any atom is 0.319 e. The van der Waals surface area contributed by atoms with Crippen molar-refractivity contribution >= 4 is 23.3 Å². The lowest BCUT2D eigenvalue weighted by molar-refractivity contribution is 0.248. The molecular formula is C15H23ClN2O2. The Hall–Kier alpha value is -1.42. The van der Waals surface area contributed by atoms with Crippen molar-refractivity contribution < 1.29 is 9.53 Å². The van der Waals surface area contributed by atoms with E-state index in [-0.39, 0.29) is 12.1 Å². The smallest absolute Gasteiger partial charge is 0.319 e. The second kappa shape index (κ2) is 8.00. The summed E-state index contributed by atoms with van der Waals surface area (Å²) in [4.78, 5) is 11.8. The minimum atomic E-state index is -0.220. The number of anilines is 1. The summed E-state index contributed by atoms with van der Waals surface area (Å²) in [6.45, 7) is 6.35. The predicted molar refractivity (Wildman–Crippen MR) is 83.7 cm³/mol. The van der Waals surface area contributed by atoms with Crippen LogP contribution in [0.3, 0.4) is 0 Å². The molecule has 0 saturated carbocycles. The first-order chi connectivity index (χ1) is 9.42. The van der Waals surface area contributed by atoms with Crippen LogP contribution in [-0.2, 0) is 0 Å². The van der Waals surface area contributed by atoms with Crippen molar-refractivity contribution in [3.05, 3.63) is 23.2 Å². The molecule has 0 aliphatic rings. The lowest BCUT2D eigenvalue weighted by Crippen LogP contribution is -2.36. The van der Waals surface area contributed by atoms with Gasteiger partial charge < -0.3 is 15.4 Å². The number of carbonyl (C=O) groups is 1. The summed E-state index contributed by atoms with van der Waals surface area (Å²) in [5.41, 5.74) is 0.643. The molecule has 0 spiro atoms. The van der Waals surface area contributed by atoms with Crippen molar-refractivity contribution in [1.29, 1.82) is 0 Å². The molecule has 0 fully saturated rings. The molecule has 0 aromatic heterocycles. The van der Waals surface area contributed by atoms with Crippen molar-refractivity contribution in [3.63, 3.8) is 0 Å². The molecule has 5 heteroatoms. The van der Waals surface area contributed by atoms with E-state index in [0.29, 0.717) is 22.4 Å². The Morgan fingerprint density at radius 2 is 2.00 bits per heavy atom. The van der Waals surface area contributed by atoms with Crippen LogP contribution in [0, 0.1) is 5.92 Å². The second-order valence-corrected chi connectivity index (χ2v) is 5.73. The van der Waals surface area contributed by atoms with E-state index in [9.17, 15) is 4.79 Å². The molecule has 0 saturated heterocycles. The Morgan fingerprint density at radius 1 is 1.30 bits per heavy atom. The minimum Gasteiger partial charge on any atom is -0.495 e. The van der Waals surface area contributed by atoms with E-state index >= 15 is 0 Å². The molecule has 20 heavy (non-hydrogen) atoms. The molecule has 0 radical (unpaired) electrons. The number of nitrogens with one attached hydrogen (secondary N) is 2. The van der Waals surface area contributed by atoms with Crippen LogP contribution in [0.5, 0.6) is 5.75 Å². The summed E-state index contributed by atoms with van der Waals surface area (Å²) in [7, 11) is 1.55. The molecule has 4 nitrogen and oxygen atoms in total. The van der Waals surface area contributed by atoms with Crippen LogP contribution in [-0.4, -0.2) is 19.2 Å². The molecule has 0 aliphatic carbocycles. The SMILES string of the molecule is COc1ccc(NC(=O)NC(C)CCC(C)C)cc1Cl. The molecular weight excluding hydrogens is 276 g/mol. The number of benzene rings is 1. The lowest BCUT2D eigenvalue weighted by atomic mass is 10.0. The van der Waals surface area contributed by atoms with Gasteiger partial charge in [-0.2, -0.15) is 0 Å². The van der Waals surface area contributed by atoms with Crippen LogP contribution >= 0.6 is 11.6 Å².